The fourth-order valence-electron chi connectivity index (χ4n) is 5.36. The molecular weight excluding hydrogens is 733 g/mol. The summed E-state index contributed by atoms with van der Waals surface area (Å²) < 4.78 is 32.6. The van der Waals surface area contributed by atoms with Gasteiger partial charge < -0.3 is 25.2 Å². The van der Waals surface area contributed by atoms with E-state index in [1.807, 2.05) is 12.2 Å². The maximum Gasteiger partial charge on any atom is 0.472 e. The molecule has 0 saturated carbocycles. The van der Waals surface area contributed by atoms with Gasteiger partial charge in [0.1, 0.15) is 12.6 Å². The van der Waals surface area contributed by atoms with Gasteiger partial charge in [0.25, 0.3) is 0 Å². The first-order chi connectivity index (χ1) is 27.1. The summed E-state index contributed by atoms with van der Waals surface area (Å²) in [5.41, 5.74) is 5.32. The molecule has 4 N–H and O–H groups in total. The van der Waals surface area contributed by atoms with E-state index in [9.17, 15) is 23.8 Å². The van der Waals surface area contributed by atoms with E-state index in [0.717, 1.165) is 57.8 Å². The van der Waals surface area contributed by atoms with Gasteiger partial charge in [0.05, 0.1) is 13.2 Å². The fourth-order valence-corrected chi connectivity index (χ4v) is 6.14. The van der Waals surface area contributed by atoms with Gasteiger partial charge in [0, 0.05) is 12.8 Å². The fraction of sp³-hybridized carbons (Fsp3) is 0.705. The third-order valence-electron chi connectivity index (χ3n) is 8.77. The van der Waals surface area contributed by atoms with Crippen molar-refractivity contribution in [3.63, 3.8) is 0 Å². The molecule has 0 bridgehead atoms. The monoisotopic (exact) mass is 810 g/mol. The SMILES string of the molecule is CCCCCC/C=C/C=C/CCCCCCCC(=O)OC[C@H](COP(=O)(O)OC[C@H](N)C(=O)O)OC(=O)CCC/C=C/C/C=C/C/C=C/CCCCCCCC. The van der Waals surface area contributed by atoms with Crippen molar-refractivity contribution in [1.29, 1.82) is 0 Å². The molecule has 0 aromatic carbocycles. The lowest BCUT2D eigenvalue weighted by molar-refractivity contribution is -0.161. The number of phosphoric ester groups is 1. The number of carbonyl (C=O) groups excluding carboxylic acids is 2. The molecular formula is C44H76NO10P. The Morgan fingerprint density at radius 2 is 1.02 bits per heavy atom. The van der Waals surface area contributed by atoms with Crippen molar-refractivity contribution in [2.24, 2.45) is 5.73 Å². The van der Waals surface area contributed by atoms with E-state index in [4.69, 9.17) is 24.8 Å². The summed E-state index contributed by atoms with van der Waals surface area (Å²) in [5.74, 6) is -2.47. The van der Waals surface area contributed by atoms with Gasteiger partial charge >= 0.3 is 25.7 Å². The molecule has 0 rings (SSSR count). The van der Waals surface area contributed by atoms with Crippen LogP contribution in [0.5, 0.6) is 0 Å². The van der Waals surface area contributed by atoms with Gasteiger partial charge in [-0.2, -0.15) is 0 Å². The zero-order chi connectivity index (χ0) is 41.4. The molecule has 0 radical (unpaired) electrons. The molecule has 0 aliphatic rings. The molecule has 56 heavy (non-hydrogen) atoms. The number of rotatable bonds is 39. The third-order valence-corrected chi connectivity index (χ3v) is 9.72. The van der Waals surface area contributed by atoms with Crippen molar-refractivity contribution in [3.05, 3.63) is 60.8 Å². The van der Waals surface area contributed by atoms with Crippen LogP contribution >= 0.6 is 7.82 Å². The topological polar surface area (TPSA) is 172 Å². The van der Waals surface area contributed by atoms with Crippen LogP contribution in [-0.2, 0) is 37.5 Å². The van der Waals surface area contributed by atoms with Crippen LogP contribution in [0.3, 0.4) is 0 Å². The number of nitrogens with two attached hydrogens (primary N) is 1. The van der Waals surface area contributed by atoms with Crippen LogP contribution in [0.15, 0.2) is 60.8 Å². The Morgan fingerprint density at radius 1 is 0.571 bits per heavy atom. The molecule has 0 heterocycles. The standard InChI is InChI=1S/C44H76NO10P/c1-3-5-7-9-11-13-15-17-19-20-22-24-26-28-30-32-34-36-43(47)55-40(38-53-56(50,51)54-39-41(45)44(48)49)37-52-42(46)35-33-31-29-27-25-23-21-18-16-14-12-10-8-6-4-2/h14,16-19,21-22,24,28,30,40-41H,3-13,15,20,23,25-27,29,31-39,45H2,1-2H3,(H,48,49)(H,50,51)/b16-14+,19-17+,21-18+,24-22+,30-28+/t40-,41+/m1/s1. The minimum absolute atomic E-state index is 0.0837. The molecule has 0 aromatic heterocycles. The Kier molecular flexibility index (Phi) is 37.1. The number of aliphatic carboxylic acids is 1. The number of ether oxygens (including phenoxy) is 2. The number of hydrogen-bond acceptors (Lipinski definition) is 9. The minimum atomic E-state index is -4.73. The highest BCUT2D eigenvalue weighted by atomic mass is 31.2. The summed E-state index contributed by atoms with van der Waals surface area (Å²) in [6, 6.07) is -1.53. The van der Waals surface area contributed by atoms with Crippen molar-refractivity contribution in [2.75, 3.05) is 19.8 Å². The summed E-state index contributed by atoms with van der Waals surface area (Å²) in [7, 11) is -4.73. The number of esters is 2. The largest absolute Gasteiger partial charge is 0.480 e. The summed E-state index contributed by atoms with van der Waals surface area (Å²) in [5, 5.41) is 8.88. The number of carbonyl (C=O) groups is 3. The molecule has 0 aliphatic heterocycles. The Bertz CT molecular complexity index is 1180. The summed E-state index contributed by atoms with van der Waals surface area (Å²) in [6.45, 7) is 2.70. The van der Waals surface area contributed by atoms with E-state index in [1.54, 1.807) is 0 Å². The first-order valence-corrected chi connectivity index (χ1v) is 22.8. The van der Waals surface area contributed by atoms with Gasteiger partial charge in [0.2, 0.25) is 0 Å². The maximum absolute atomic E-state index is 12.6. The highest BCUT2D eigenvalue weighted by molar-refractivity contribution is 7.47. The number of phosphoric acid groups is 1. The van der Waals surface area contributed by atoms with Crippen molar-refractivity contribution >= 4 is 25.7 Å². The molecule has 11 nitrogen and oxygen atoms in total. The smallest absolute Gasteiger partial charge is 0.472 e. The Labute approximate surface area is 338 Å². The minimum Gasteiger partial charge on any atom is -0.480 e. The molecule has 1 unspecified atom stereocenters. The Morgan fingerprint density at radius 3 is 1.59 bits per heavy atom. The molecule has 0 spiro atoms. The molecule has 3 atom stereocenters. The number of unbranched alkanes of at least 4 members (excludes halogenated alkanes) is 16. The summed E-state index contributed by atoms with van der Waals surface area (Å²) >= 11 is 0. The second-order valence-electron chi connectivity index (χ2n) is 14.1. The lowest BCUT2D eigenvalue weighted by atomic mass is 10.1. The van der Waals surface area contributed by atoms with Crippen molar-refractivity contribution in [3.8, 4) is 0 Å². The van der Waals surface area contributed by atoms with E-state index < -0.39 is 51.1 Å². The number of carboxylic acids is 1. The highest BCUT2D eigenvalue weighted by Gasteiger charge is 2.28. The van der Waals surface area contributed by atoms with E-state index >= 15 is 0 Å². The molecule has 0 aliphatic carbocycles. The average Bonchev–Trinajstić information content (AvgIpc) is 3.17. The number of hydrogen-bond donors (Lipinski definition) is 3. The van der Waals surface area contributed by atoms with Gasteiger partial charge in [-0.15, -0.1) is 0 Å². The zero-order valence-corrected chi connectivity index (χ0v) is 35.6. The van der Waals surface area contributed by atoms with Crippen LogP contribution < -0.4 is 5.73 Å². The molecule has 12 heteroatoms. The maximum atomic E-state index is 12.6. The van der Waals surface area contributed by atoms with Gasteiger partial charge in [-0.25, -0.2) is 4.57 Å². The number of carboxylic acid groups (broad SMARTS) is 1. The van der Waals surface area contributed by atoms with E-state index in [0.29, 0.717) is 19.3 Å². The lowest BCUT2D eigenvalue weighted by Crippen LogP contribution is -2.34. The van der Waals surface area contributed by atoms with E-state index in [2.05, 4.69) is 67.0 Å². The highest BCUT2D eigenvalue weighted by Crippen LogP contribution is 2.43. The van der Waals surface area contributed by atoms with Gasteiger partial charge in [-0.05, 0) is 70.6 Å². The normalized spacial score (nSPS) is 14.4. The van der Waals surface area contributed by atoms with Crippen LogP contribution in [0.1, 0.15) is 168 Å². The van der Waals surface area contributed by atoms with Gasteiger partial charge in [0.15, 0.2) is 6.10 Å². The molecule has 0 fully saturated rings. The Hall–Kier alpha value is -2.82. The van der Waals surface area contributed by atoms with Gasteiger partial charge in [-0.3, -0.25) is 23.4 Å². The van der Waals surface area contributed by atoms with Crippen LogP contribution in [0.4, 0.5) is 0 Å². The zero-order valence-electron chi connectivity index (χ0n) is 34.7. The molecule has 322 valence electrons. The van der Waals surface area contributed by atoms with Crippen LogP contribution in [0, 0.1) is 0 Å². The third kappa shape index (κ3) is 38.1. The predicted octanol–water partition coefficient (Wildman–Crippen LogP) is 11.2. The quantitative estimate of drug-likeness (QED) is 0.0177. The summed E-state index contributed by atoms with van der Waals surface area (Å²) in [6.07, 6.45) is 44.3. The van der Waals surface area contributed by atoms with Gasteiger partial charge in [-0.1, -0.05) is 145 Å². The average molecular weight is 810 g/mol. The van der Waals surface area contributed by atoms with Crippen LogP contribution in [0.25, 0.3) is 0 Å². The van der Waals surface area contributed by atoms with E-state index in [1.165, 1.54) is 64.2 Å². The van der Waals surface area contributed by atoms with Crippen molar-refractivity contribution in [1.82, 2.24) is 0 Å². The molecule has 0 aromatic rings. The predicted molar refractivity (Wildman–Crippen MR) is 226 cm³/mol. The van der Waals surface area contributed by atoms with Crippen LogP contribution in [0.2, 0.25) is 0 Å². The second kappa shape index (κ2) is 39.0. The second-order valence-corrected chi connectivity index (χ2v) is 15.6. The van der Waals surface area contributed by atoms with Crippen molar-refractivity contribution in [2.45, 2.75) is 180 Å². The van der Waals surface area contributed by atoms with E-state index in [-0.39, 0.29) is 19.4 Å². The Balaban J connectivity index is 4.51. The lowest BCUT2D eigenvalue weighted by Gasteiger charge is -2.20. The molecule has 0 amide bonds. The first kappa shape index (κ1) is 53.2. The van der Waals surface area contributed by atoms with Crippen molar-refractivity contribution < 1.29 is 47.5 Å². The summed E-state index contributed by atoms with van der Waals surface area (Å²) in [4.78, 5) is 45.9. The first-order valence-electron chi connectivity index (χ1n) is 21.3. The van der Waals surface area contributed by atoms with Crippen LogP contribution in [-0.4, -0.2) is 59.9 Å². The molecule has 0 saturated heterocycles. The number of allylic oxidation sites excluding steroid dienone is 10.